The molecule has 0 saturated carbocycles. The quantitative estimate of drug-likeness (QED) is 0.620. The van der Waals surface area contributed by atoms with E-state index in [1.807, 2.05) is 6.07 Å². The van der Waals surface area contributed by atoms with Crippen LogP contribution >= 0.6 is 11.8 Å². The summed E-state index contributed by atoms with van der Waals surface area (Å²) in [5.41, 5.74) is 1.23. The van der Waals surface area contributed by atoms with Crippen molar-refractivity contribution in [3.63, 3.8) is 0 Å². The van der Waals surface area contributed by atoms with Gasteiger partial charge in [0.1, 0.15) is 0 Å². The molecule has 0 atom stereocenters. The van der Waals surface area contributed by atoms with Gasteiger partial charge in [-0.1, -0.05) is 0 Å². The molecule has 0 aliphatic carbocycles. The van der Waals surface area contributed by atoms with Crippen molar-refractivity contribution in [1.29, 1.82) is 0 Å². The van der Waals surface area contributed by atoms with Crippen molar-refractivity contribution in [3.05, 3.63) is 24.0 Å². The molecule has 0 saturated heterocycles. The fourth-order valence-electron chi connectivity index (χ4n) is 0.570. The van der Waals surface area contributed by atoms with E-state index in [2.05, 4.69) is 16.5 Å². The van der Waals surface area contributed by atoms with Gasteiger partial charge in [0.2, 0.25) is 0 Å². The fraction of sp³-hybridized carbons (Fsp3) is 0.333. The van der Waals surface area contributed by atoms with Gasteiger partial charge in [-0.25, -0.2) is 0 Å². The molecule has 3 heteroatoms. The van der Waals surface area contributed by atoms with Gasteiger partial charge in [0.15, 0.2) is 0 Å². The molecule has 0 N–H and O–H groups in total. The molecule has 1 aromatic heterocycles. The molecule has 0 fully saturated rings. The van der Waals surface area contributed by atoms with Crippen molar-refractivity contribution < 1.29 is 0 Å². The van der Waals surface area contributed by atoms with E-state index < -0.39 is 0 Å². The zero-order valence-electron chi connectivity index (χ0n) is 5.24. The second kappa shape index (κ2) is 3.45. The highest BCUT2D eigenvalue weighted by Crippen LogP contribution is 2.04. The highest BCUT2D eigenvalue weighted by Gasteiger charge is 1.86. The van der Waals surface area contributed by atoms with E-state index in [4.69, 9.17) is 0 Å². The van der Waals surface area contributed by atoms with E-state index >= 15 is 0 Å². The number of aromatic nitrogens is 2. The Labute approximate surface area is 58.7 Å². The van der Waals surface area contributed by atoms with Crippen LogP contribution in [0.2, 0.25) is 0 Å². The molecule has 1 aromatic rings. The molecule has 0 aliphatic heterocycles. The predicted octanol–water partition coefficient (Wildman–Crippen LogP) is 1.34. The first-order chi connectivity index (χ1) is 4.43. The summed E-state index contributed by atoms with van der Waals surface area (Å²) in [7, 11) is 0. The Balaban J connectivity index is 2.61. The van der Waals surface area contributed by atoms with Crippen LogP contribution in [0.15, 0.2) is 18.5 Å². The molecule has 0 bridgehead atoms. The van der Waals surface area contributed by atoms with Crippen LogP contribution in [0.4, 0.5) is 0 Å². The van der Waals surface area contributed by atoms with Crippen molar-refractivity contribution >= 4 is 11.8 Å². The minimum absolute atomic E-state index is 1.02. The van der Waals surface area contributed by atoms with E-state index in [-0.39, 0.29) is 0 Å². The summed E-state index contributed by atoms with van der Waals surface area (Å²) in [5, 5.41) is 7.41. The van der Waals surface area contributed by atoms with Crippen molar-refractivity contribution in [2.75, 3.05) is 6.26 Å². The van der Waals surface area contributed by atoms with Crippen LogP contribution in [-0.4, -0.2) is 16.5 Å². The number of nitrogens with zero attached hydrogens (tertiary/aromatic N) is 2. The third kappa shape index (κ3) is 2.01. The van der Waals surface area contributed by atoms with Crippen LogP contribution in [0.25, 0.3) is 0 Å². The SMILES string of the molecule is CSCc1ccnnc1. The molecule has 0 radical (unpaired) electrons. The van der Waals surface area contributed by atoms with Crippen molar-refractivity contribution in [2.45, 2.75) is 5.75 Å². The zero-order chi connectivity index (χ0) is 6.53. The maximum absolute atomic E-state index is 3.74. The lowest BCUT2D eigenvalue weighted by Crippen LogP contribution is -1.82. The van der Waals surface area contributed by atoms with E-state index in [1.165, 1.54) is 5.56 Å². The first-order valence-corrected chi connectivity index (χ1v) is 4.07. The summed E-state index contributed by atoms with van der Waals surface area (Å²) in [6.45, 7) is 0. The molecule has 0 amide bonds. The Morgan fingerprint density at radius 2 is 2.44 bits per heavy atom. The summed E-state index contributed by atoms with van der Waals surface area (Å²) in [4.78, 5) is 0. The minimum Gasteiger partial charge on any atom is -0.161 e. The maximum atomic E-state index is 3.74. The Morgan fingerprint density at radius 1 is 1.56 bits per heavy atom. The molecule has 2 nitrogen and oxygen atoms in total. The maximum Gasteiger partial charge on any atom is 0.0536 e. The lowest BCUT2D eigenvalue weighted by molar-refractivity contribution is 1.01. The summed E-state index contributed by atoms with van der Waals surface area (Å²) in [6, 6.07) is 1.98. The predicted molar refractivity (Wildman–Crippen MR) is 39.3 cm³/mol. The Morgan fingerprint density at radius 3 is 3.00 bits per heavy atom. The van der Waals surface area contributed by atoms with Gasteiger partial charge in [-0.2, -0.15) is 22.0 Å². The Bertz CT molecular complexity index is 164. The second-order valence-corrected chi connectivity index (χ2v) is 2.55. The summed E-state index contributed by atoms with van der Waals surface area (Å²) >= 11 is 1.79. The summed E-state index contributed by atoms with van der Waals surface area (Å²) < 4.78 is 0. The largest absolute Gasteiger partial charge is 0.161 e. The van der Waals surface area contributed by atoms with Gasteiger partial charge in [-0.3, -0.25) is 0 Å². The molecule has 0 aliphatic rings. The molecule has 0 aromatic carbocycles. The first-order valence-electron chi connectivity index (χ1n) is 2.68. The van der Waals surface area contributed by atoms with Crippen LogP contribution in [0.1, 0.15) is 5.56 Å². The lowest BCUT2D eigenvalue weighted by Gasteiger charge is -1.92. The summed E-state index contributed by atoms with van der Waals surface area (Å²) in [6.07, 6.45) is 5.57. The van der Waals surface area contributed by atoms with Gasteiger partial charge in [-0.05, 0) is 17.9 Å². The van der Waals surface area contributed by atoms with Gasteiger partial charge in [0.05, 0.1) is 6.20 Å². The smallest absolute Gasteiger partial charge is 0.0536 e. The zero-order valence-corrected chi connectivity index (χ0v) is 6.06. The van der Waals surface area contributed by atoms with E-state index in [0.717, 1.165) is 5.75 Å². The van der Waals surface area contributed by atoms with E-state index in [0.29, 0.717) is 0 Å². The molecule has 1 rings (SSSR count). The monoisotopic (exact) mass is 140 g/mol. The molecule has 0 spiro atoms. The fourth-order valence-corrected chi connectivity index (χ4v) is 1.07. The topological polar surface area (TPSA) is 25.8 Å². The van der Waals surface area contributed by atoms with Crippen LogP contribution in [0, 0.1) is 0 Å². The van der Waals surface area contributed by atoms with Gasteiger partial charge in [-0.15, -0.1) is 0 Å². The number of rotatable bonds is 2. The van der Waals surface area contributed by atoms with Gasteiger partial charge in [0, 0.05) is 11.9 Å². The number of hydrogen-bond acceptors (Lipinski definition) is 3. The van der Waals surface area contributed by atoms with Crippen molar-refractivity contribution in [1.82, 2.24) is 10.2 Å². The third-order valence-electron chi connectivity index (χ3n) is 0.957. The van der Waals surface area contributed by atoms with Crippen LogP contribution in [-0.2, 0) is 5.75 Å². The highest BCUT2D eigenvalue weighted by molar-refractivity contribution is 7.97. The standard InChI is InChI=1S/C6H8N2S/c1-9-5-6-2-3-7-8-4-6/h2-4H,5H2,1H3. The number of thioether (sulfide) groups is 1. The third-order valence-corrected chi connectivity index (χ3v) is 1.58. The highest BCUT2D eigenvalue weighted by atomic mass is 32.2. The molecular weight excluding hydrogens is 132 g/mol. The minimum atomic E-state index is 1.02. The van der Waals surface area contributed by atoms with E-state index in [9.17, 15) is 0 Å². The van der Waals surface area contributed by atoms with Crippen molar-refractivity contribution in [2.24, 2.45) is 0 Å². The van der Waals surface area contributed by atoms with Gasteiger partial charge in [0.25, 0.3) is 0 Å². The van der Waals surface area contributed by atoms with Crippen LogP contribution in [0.3, 0.4) is 0 Å². The molecular formula is C6H8N2S. The average Bonchev–Trinajstić information content (AvgIpc) is 1.91. The van der Waals surface area contributed by atoms with Crippen LogP contribution in [0.5, 0.6) is 0 Å². The normalized spacial score (nSPS) is 9.44. The van der Waals surface area contributed by atoms with E-state index in [1.54, 1.807) is 24.2 Å². The summed E-state index contributed by atoms with van der Waals surface area (Å²) in [5.74, 6) is 1.02. The average molecular weight is 140 g/mol. The van der Waals surface area contributed by atoms with Gasteiger partial charge < -0.3 is 0 Å². The molecule has 9 heavy (non-hydrogen) atoms. The van der Waals surface area contributed by atoms with Crippen LogP contribution < -0.4 is 0 Å². The van der Waals surface area contributed by atoms with Gasteiger partial charge >= 0.3 is 0 Å². The Hall–Kier alpha value is -0.570. The molecule has 1 heterocycles. The first kappa shape index (κ1) is 6.55. The Kier molecular flexibility index (Phi) is 2.51. The molecule has 48 valence electrons. The second-order valence-electron chi connectivity index (χ2n) is 1.68. The molecule has 0 unspecified atom stereocenters. The number of hydrogen-bond donors (Lipinski definition) is 0. The van der Waals surface area contributed by atoms with Crippen molar-refractivity contribution in [3.8, 4) is 0 Å². The lowest BCUT2D eigenvalue weighted by atomic mass is 10.4.